The smallest absolute Gasteiger partial charge is 0.229 e. The van der Waals surface area contributed by atoms with Crippen LogP contribution in [0, 0.1) is 5.41 Å². The zero-order chi connectivity index (χ0) is 13.0. The predicted octanol–water partition coefficient (Wildman–Crippen LogP) is 2.56. The van der Waals surface area contributed by atoms with Crippen molar-refractivity contribution in [2.24, 2.45) is 5.41 Å². The van der Waals surface area contributed by atoms with E-state index in [9.17, 15) is 4.79 Å². The van der Waals surface area contributed by atoms with E-state index in [1.165, 1.54) is 19.3 Å². The molecule has 104 valence electrons. The second kappa shape index (κ2) is 6.05. The van der Waals surface area contributed by atoms with Crippen LogP contribution in [0.2, 0.25) is 0 Å². The number of carbonyl (C=O) groups is 1. The fourth-order valence-corrected chi connectivity index (χ4v) is 3.66. The Morgan fingerprint density at radius 2 is 2.06 bits per heavy atom. The van der Waals surface area contributed by atoms with E-state index in [1.54, 1.807) is 0 Å². The van der Waals surface area contributed by atoms with E-state index < -0.39 is 0 Å². The normalized spacial score (nSPS) is 28.1. The van der Waals surface area contributed by atoms with Gasteiger partial charge in [0.2, 0.25) is 5.91 Å². The van der Waals surface area contributed by atoms with Gasteiger partial charge in [-0.25, -0.2) is 0 Å². The number of nitrogens with zero attached hydrogens (tertiary/aromatic N) is 1. The Morgan fingerprint density at radius 1 is 1.33 bits per heavy atom. The number of hydrogen-bond donors (Lipinski definition) is 1. The summed E-state index contributed by atoms with van der Waals surface area (Å²) in [6, 6.07) is 0.454. The minimum absolute atomic E-state index is 0.0500. The molecule has 0 aromatic heterocycles. The molecule has 1 amide bonds. The Kier molecular flexibility index (Phi) is 4.66. The number of hydrogen-bond acceptors (Lipinski definition) is 2. The predicted molar refractivity (Wildman–Crippen MR) is 74.5 cm³/mol. The van der Waals surface area contributed by atoms with Gasteiger partial charge in [-0.2, -0.15) is 0 Å². The number of nitrogens with one attached hydrogen (secondary N) is 1. The van der Waals surface area contributed by atoms with Gasteiger partial charge < -0.3 is 10.2 Å². The molecule has 0 aromatic carbocycles. The first kappa shape index (κ1) is 13.9. The lowest BCUT2D eigenvalue weighted by atomic mass is 9.73. The minimum Gasteiger partial charge on any atom is -0.340 e. The molecular weight excluding hydrogens is 224 g/mol. The third-order valence-electron chi connectivity index (χ3n) is 4.81. The highest BCUT2D eigenvalue weighted by atomic mass is 16.2. The van der Waals surface area contributed by atoms with Crippen LogP contribution in [0.4, 0.5) is 0 Å². The van der Waals surface area contributed by atoms with E-state index >= 15 is 0 Å². The minimum atomic E-state index is -0.0500. The van der Waals surface area contributed by atoms with Crippen LogP contribution < -0.4 is 5.32 Å². The first-order valence-electron chi connectivity index (χ1n) is 7.71. The molecule has 1 atom stereocenters. The lowest BCUT2D eigenvalue weighted by Crippen LogP contribution is -2.53. The molecule has 2 heterocycles. The summed E-state index contributed by atoms with van der Waals surface area (Å²) < 4.78 is 0. The lowest BCUT2D eigenvalue weighted by Gasteiger charge is -2.43. The third kappa shape index (κ3) is 2.71. The summed E-state index contributed by atoms with van der Waals surface area (Å²) in [7, 11) is 0. The standard InChI is InChI=1S/C15H28N2O/c1-3-7-15(8-10-16-11-9-15)14(18)17-12-5-4-6-13(17)2/h13,16H,3-12H2,1-2H3. The van der Waals surface area contributed by atoms with Crippen molar-refractivity contribution in [3.63, 3.8) is 0 Å². The van der Waals surface area contributed by atoms with Crippen molar-refractivity contribution >= 4 is 5.91 Å². The van der Waals surface area contributed by atoms with Gasteiger partial charge >= 0.3 is 0 Å². The number of amides is 1. The Bertz CT molecular complexity index is 279. The summed E-state index contributed by atoms with van der Waals surface area (Å²) in [6.07, 6.45) is 7.91. The summed E-state index contributed by atoms with van der Waals surface area (Å²) in [6.45, 7) is 7.43. The maximum Gasteiger partial charge on any atom is 0.229 e. The summed E-state index contributed by atoms with van der Waals surface area (Å²) in [4.78, 5) is 15.2. The highest BCUT2D eigenvalue weighted by Gasteiger charge is 2.42. The van der Waals surface area contributed by atoms with Crippen molar-refractivity contribution in [1.82, 2.24) is 10.2 Å². The maximum absolute atomic E-state index is 13.0. The van der Waals surface area contributed by atoms with E-state index in [4.69, 9.17) is 0 Å². The van der Waals surface area contributed by atoms with Gasteiger partial charge in [0.15, 0.2) is 0 Å². The van der Waals surface area contributed by atoms with Gasteiger partial charge in [-0.15, -0.1) is 0 Å². The summed E-state index contributed by atoms with van der Waals surface area (Å²) >= 11 is 0. The molecule has 1 N–H and O–H groups in total. The van der Waals surface area contributed by atoms with Crippen LogP contribution in [0.25, 0.3) is 0 Å². The Labute approximate surface area is 111 Å². The molecule has 18 heavy (non-hydrogen) atoms. The van der Waals surface area contributed by atoms with Crippen LogP contribution in [-0.4, -0.2) is 36.5 Å². The number of carbonyl (C=O) groups excluding carboxylic acids is 1. The van der Waals surface area contributed by atoms with E-state index in [1.807, 2.05) is 0 Å². The first-order valence-corrected chi connectivity index (χ1v) is 7.71. The van der Waals surface area contributed by atoms with Crippen LogP contribution in [0.15, 0.2) is 0 Å². The van der Waals surface area contributed by atoms with Gasteiger partial charge in [0.05, 0.1) is 5.41 Å². The van der Waals surface area contributed by atoms with Crippen molar-refractivity contribution in [2.45, 2.75) is 64.8 Å². The molecule has 3 heteroatoms. The summed E-state index contributed by atoms with van der Waals surface area (Å²) in [5, 5.41) is 3.40. The quantitative estimate of drug-likeness (QED) is 0.837. The molecule has 0 aromatic rings. The van der Waals surface area contributed by atoms with Crippen molar-refractivity contribution in [2.75, 3.05) is 19.6 Å². The SMILES string of the molecule is CCCC1(C(=O)N2CCCCC2C)CCNCC1. The molecule has 2 saturated heterocycles. The molecule has 0 spiro atoms. The highest BCUT2D eigenvalue weighted by Crippen LogP contribution is 2.37. The third-order valence-corrected chi connectivity index (χ3v) is 4.81. The number of likely N-dealkylation sites (tertiary alicyclic amines) is 1. The van der Waals surface area contributed by atoms with Gasteiger partial charge in [0.1, 0.15) is 0 Å². The van der Waals surface area contributed by atoms with E-state index in [-0.39, 0.29) is 5.41 Å². The zero-order valence-corrected chi connectivity index (χ0v) is 12.0. The molecular formula is C15H28N2O. The van der Waals surface area contributed by atoms with Crippen molar-refractivity contribution in [3.8, 4) is 0 Å². The van der Waals surface area contributed by atoms with Crippen molar-refractivity contribution < 1.29 is 4.79 Å². The molecule has 0 aliphatic carbocycles. The van der Waals surface area contributed by atoms with Crippen molar-refractivity contribution in [1.29, 1.82) is 0 Å². The Hall–Kier alpha value is -0.570. The molecule has 1 unspecified atom stereocenters. The second-order valence-electron chi connectivity index (χ2n) is 6.12. The molecule has 0 bridgehead atoms. The molecule has 2 aliphatic rings. The fraction of sp³-hybridized carbons (Fsp3) is 0.933. The molecule has 0 saturated carbocycles. The van der Waals surface area contributed by atoms with Gasteiger partial charge in [-0.1, -0.05) is 13.3 Å². The maximum atomic E-state index is 13.0. The van der Waals surface area contributed by atoms with Crippen LogP contribution in [-0.2, 0) is 4.79 Å². The monoisotopic (exact) mass is 252 g/mol. The van der Waals surface area contributed by atoms with E-state index in [0.29, 0.717) is 11.9 Å². The highest BCUT2D eigenvalue weighted by molar-refractivity contribution is 5.83. The van der Waals surface area contributed by atoms with Gasteiger partial charge in [-0.05, 0) is 58.5 Å². The van der Waals surface area contributed by atoms with Crippen molar-refractivity contribution in [3.05, 3.63) is 0 Å². The number of rotatable bonds is 3. The lowest BCUT2D eigenvalue weighted by molar-refractivity contribution is -0.148. The van der Waals surface area contributed by atoms with Crippen LogP contribution in [0.5, 0.6) is 0 Å². The average Bonchev–Trinajstić information content (AvgIpc) is 2.40. The summed E-state index contributed by atoms with van der Waals surface area (Å²) in [5.41, 5.74) is -0.0500. The first-order chi connectivity index (χ1) is 8.69. The van der Waals surface area contributed by atoms with E-state index in [0.717, 1.165) is 45.3 Å². The summed E-state index contributed by atoms with van der Waals surface area (Å²) in [5.74, 6) is 0.457. The second-order valence-corrected chi connectivity index (χ2v) is 6.12. The molecule has 2 aliphatic heterocycles. The molecule has 2 fully saturated rings. The zero-order valence-electron chi connectivity index (χ0n) is 12.0. The average molecular weight is 252 g/mol. The molecule has 3 nitrogen and oxygen atoms in total. The van der Waals surface area contributed by atoms with Gasteiger partial charge in [0, 0.05) is 12.6 Å². The van der Waals surface area contributed by atoms with Gasteiger partial charge in [0.25, 0.3) is 0 Å². The fourth-order valence-electron chi connectivity index (χ4n) is 3.66. The van der Waals surface area contributed by atoms with Crippen LogP contribution in [0.1, 0.15) is 58.8 Å². The topological polar surface area (TPSA) is 32.3 Å². The Morgan fingerprint density at radius 3 is 2.67 bits per heavy atom. The van der Waals surface area contributed by atoms with Gasteiger partial charge in [-0.3, -0.25) is 4.79 Å². The molecule has 0 radical (unpaired) electrons. The largest absolute Gasteiger partial charge is 0.340 e. The number of piperidine rings is 2. The Balaban J connectivity index is 2.11. The van der Waals surface area contributed by atoms with Crippen LogP contribution in [0.3, 0.4) is 0 Å². The molecule has 2 rings (SSSR count). The van der Waals surface area contributed by atoms with E-state index in [2.05, 4.69) is 24.1 Å². The van der Waals surface area contributed by atoms with Crippen LogP contribution >= 0.6 is 0 Å².